The third-order valence-electron chi connectivity index (χ3n) is 2.72. The smallest absolute Gasteiger partial charge is 0.0346 e. The fourth-order valence-corrected chi connectivity index (χ4v) is 1.71. The average molecular weight is 257 g/mol. The van der Waals surface area contributed by atoms with E-state index < -0.39 is 0 Å². The van der Waals surface area contributed by atoms with Crippen LogP contribution in [0.1, 0.15) is 0 Å². The van der Waals surface area contributed by atoms with Gasteiger partial charge in [0, 0.05) is 78.0 Å². The maximum Gasteiger partial charge on any atom is 0.0346 e. The molecule has 13 heavy (non-hydrogen) atoms. The molecule has 0 unspecified atom stereocenters. The van der Waals surface area contributed by atoms with Crippen molar-refractivity contribution < 1.29 is 37.5 Å². The Morgan fingerprint density at radius 3 is 2.15 bits per heavy atom. The first-order chi connectivity index (χ1) is 5.90. The third-order valence-corrected chi connectivity index (χ3v) is 2.72. The van der Waals surface area contributed by atoms with Crippen molar-refractivity contribution in [3.05, 3.63) is 0 Å². The van der Waals surface area contributed by atoms with Crippen LogP contribution in [0.3, 0.4) is 0 Å². The molecule has 1 amide bonds. The molecule has 1 radical (unpaired) electrons. The van der Waals surface area contributed by atoms with E-state index in [-0.39, 0.29) is 32.7 Å². The van der Waals surface area contributed by atoms with Crippen LogP contribution in [0, 0.1) is 0 Å². The zero-order valence-corrected chi connectivity index (χ0v) is 10.5. The molecule has 2 aliphatic heterocycles. The van der Waals surface area contributed by atoms with E-state index in [1.165, 1.54) is 0 Å². The number of amides is 1. The molecular weight excluding hydrogens is 243 g/mol. The molecule has 4 nitrogen and oxygen atoms in total. The number of hydrogen-bond acceptors (Lipinski definition) is 3. The molecule has 0 atom stereocenters. The van der Waals surface area contributed by atoms with E-state index >= 15 is 0 Å². The first kappa shape index (κ1) is 11.6. The second-order valence-corrected chi connectivity index (χ2v) is 3.43. The molecule has 5 heteroatoms. The van der Waals surface area contributed by atoms with E-state index in [4.69, 9.17) is 0 Å². The Hall–Kier alpha value is 0.494. The van der Waals surface area contributed by atoms with Crippen LogP contribution in [-0.2, 0) is 37.5 Å². The molecule has 2 aliphatic rings. The number of piperazine rings is 1. The molecule has 0 aromatic heterocycles. The van der Waals surface area contributed by atoms with Gasteiger partial charge < -0.3 is 15.0 Å². The summed E-state index contributed by atoms with van der Waals surface area (Å²) in [5, 5.41) is 3.25. The van der Waals surface area contributed by atoms with Crippen LogP contribution >= 0.6 is 0 Å². The zero-order valence-electron chi connectivity index (χ0n) is 7.70. The van der Waals surface area contributed by atoms with Gasteiger partial charge in [-0.3, -0.25) is 4.90 Å². The summed E-state index contributed by atoms with van der Waals surface area (Å²) in [4.78, 5) is 14.5. The fraction of sp³-hybridized carbons (Fsp3) is 0.875. The molecule has 0 aromatic carbocycles. The van der Waals surface area contributed by atoms with Gasteiger partial charge >= 0.3 is 0 Å². The van der Waals surface area contributed by atoms with Crippen LogP contribution in [0.2, 0.25) is 0 Å². The van der Waals surface area contributed by atoms with Gasteiger partial charge in [0.15, 0.2) is 0 Å². The molecule has 0 aromatic rings. The number of nitrogens with zero attached hydrogens (tertiary/aromatic N) is 2. The van der Waals surface area contributed by atoms with Crippen LogP contribution in [0.4, 0.5) is 0 Å². The molecule has 0 aliphatic carbocycles. The minimum Gasteiger partial charge on any atom is -0.520 e. The molecule has 0 bridgehead atoms. The standard InChI is InChI=1S/C8H14N3O.Y/c12-7-10-1-3-11(4-2-10)8-5-9-6-8;/h8-9H,1-6H2;/q-1;. The van der Waals surface area contributed by atoms with E-state index in [0.29, 0.717) is 0 Å². The van der Waals surface area contributed by atoms with Gasteiger partial charge in [0.1, 0.15) is 0 Å². The fourth-order valence-electron chi connectivity index (χ4n) is 1.71. The summed E-state index contributed by atoms with van der Waals surface area (Å²) in [5.41, 5.74) is 0. The number of rotatable bonds is 2. The molecule has 0 saturated carbocycles. The van der Waals surface area contributed by atoms with Crippen LogP contribution < -0.4 is 5.32 Å². The van der Waals surface area contributed by atoms with Crippen LogP contribution in [0.25, 0.3) is 0 Å². The second kappa shape index (κ2) is 5.39. The molecule has 2 heterocycles. The Morgan fingerprint density at radius 1 is 1.15 bits per heavy atom. The largest absolute Gasteiger partial charge is 0.520 e. The molecule has 0 spiro atoms. The van der Waals surface area contributed by atoms with Crippen LogP contribution in [0.5, 0.6) is 0 Å². The van der Waals surface area contributed by atoms with Crippen molar-refractivity contribution in [2.75, 3.05) is 39.3 Å². The van der Waals surface area contributed by atoms with Crippen molar-refractivity contribution >= 4 is 6.41 Å². The maximum absolute atomic E-state index is 10.3. The molecule has 2 fully saturated rings. The number of carbonyl (C=O) groups excluding carboxylic acids is 1. The van der Waals surface area contributed by atoms with E-state index in [0.717, 1.165) is 45.3 Å². The Kier molecular flexibility index (Phi) is 4.80. The van der Waals surface area contributed by atoms with Crippen molar-refractivity contribution in [3.8, 4) is 0 Å². The van der Waals surface area contributed by atoms with E-state index in [2.05, 4.69) is 10.2 Å². The normalized spacial score (nSPS) is 24.8. The van der Waals surface area contributed by atoms with Gasteiger partial charge in [-0.25, -0.2) is 0 Å². The minimum atomic E-state index is 0. The third kappa shape index (κ3) is 2.72. The van der Waals surface area contributed by atoms with E-state index in [1.807, 2.05) is 6.41 Å². The van der Waals surface area contributed by atoms with E-state index in [9.17, 15) is 4.79 Å². The average Bonchev–Trinajstić information content (AvgIpc) is 2.03. The predicted octanol–water partition coefficient (Wildman–Crippen LogP) is -1.36. The van der Waals surface area contributed by atoms with Gasteiger partial charge in [-0.05, 0) is 0 Å². The van der Waals surface area contributed by atoms with Gasteiger partial charge in [0.2, 0.25) is 0 Å². The Labute approximate surface area is 104 Å². The van der Waals surface area contributed by atoms with Gasteiger partial charge in [-0.15, -0.1) is 0 Å². The molecule has 2 saturated heterocycles. The summed E-state index contributed by atoms with van der Waals surface area (Å²) in [7, 11) is 0. The van der Waals surface area contributed by atoms with Crippen molar-refractivity contribution in [2.45, 2.75) is 6.04 Å². The summed E-state index contributed by atoms with van der Waals surface area (Å²) in [6.07, 6.45) is 1.94. The Balaban J connectivity index is 0.000000845. The molecule has 71 valence electrons. The monoisotopic (exact) mass is 257 g/mol. The Morgan fingerprint density at radius 2 is 1.77 bits per heavy atom. The number of nitrogens with one attached hydrogen (secondary N) is 1. The van der Waals surface area contributed by atoms with E-state index in [1.54, 1.807) is 4.90 Å². The summed E-state index contributed by atoms with van der Waals surface area (Å²) in [6.45, 7) is 5.96. The minimum absolute atomic E-state index is 0. The SMILES string of the molecule is O=[C-]N1CCN(C2CNC2)CC1.[Y]. The van der Waals surface area contributed by atoms with Gasteiger partial charge in [0.05, 0.1) is 0 Å². The molecular formula is C8H14N3OY-. The van der Waals surface area contributed by atoms with Crippen LogP contribution in [0.15, 0.2) is 0 Å². The maximum atomic E-state index is 10.3. The van der Waals surface area contributed by atoms with Gasteiger partial charge in [-0.1, -0.05) is 0 Å². The summed E-state index contributed by atoms with van der Waals surface area (Å²) >= 11 is 0. The molecule has 1 N–H and O–H groups in total. The van der Waals surface area contributed by atoms with Crippen molar-refractivity contribution in [1.29, 1.82) is 0 Å². The second-order valence-electron chi connectivity index (χ2n) is 3.43. The predicted molar refractivity (Wildman–Crippen MR) is 45.5 cm³/mol. The van der Waals surface area contributed by atoms with Crippen LogP contribution in [-0.4, -0.2) is 61.5 Å². The molecule has 2 rings (SSSR count). The topological polar surface area (TPSA) is 35.6 Å². The number of hydrogen-bond donors (Lipinski definition) is 1. The van der Waals surface area contributed by atoms with Crippen molar-refractivity contribution in [3.63, 3.8) is 0 Å². The van der Waals surface area contributed by atoms with Gasteiger partial charge in [0.25, 0.3) is 0 Å². The summed E-state index contributed by atoms with van der Waals surface area (Å²) in [5.74, 6) is 0. The van der Waals surface area contributed by atoms with Crippen molar-refractivity contribution in [1.82, 2.24) is 15.1 Å². The van der Waals surface area contributed by atoms with Gasteiger partial charge in [-0.2, -0.15) is 6.41 Å². The Bertz CT molecular complexity index is 167. The van der Waals surface area contributed by atoms with Crippen molar-refractivity contribution in [2.24, 2.45) is 0 Å². The summed E-state index contributed by atoms with van der Waals surface area (Å²) < 4.78 is 0. The first-order valence-electron chi connectivity index (χ1n) is 4.47. The zero-order chi connectivity index (χ0) is 8.39. The summed E-state index contributed by atoms with van der Waals surface area (Å²) in [6, 6.07) is 0.721. The quantitative estimate of drug-likeness (QED) is 0.621. The first-order valence-corrected chi connectivity index (χ1v) is 4.47.